The third kappa shape index (κ3) is 6.83. The van der Waals surface area contributed by atoms with Gasteiger partial charge in [-0.1, -0.05) is 41.0 Å². The largest absolute Gasteiger partial charge is 0.493 e. The van der Waals surface area contributed by atoms with Crippen molar-refractivity contribution in [2.75, 3.05) is 12.4 Å². The molecule has 1 aliphatic heterocycles. The van der Waals surface area contributed by atoms with Crippen LogP contribution in [0.3, 0.4) is 0 Å². The first-order valence-corrected chi connectivity index (χ1v) is 13.0. The van der Waals surface area contributed by atoms with Crippen LogP contribution in [0.1, 0.15) is 5.56 Å². The molecule has 0 radical (unpaired) electrons. The molecule has 0 bridgehead atoms. The highest BCUT2D eigenvalue weighted by Gasteiger charge is 2.34. The Hall–Kier alpha value is -4.44. The number of methoxy groups -OCH3 is 1. The second-order valence-corrected chi connectivity index (χ2v) is 10.4. The van der Waals surface area contributed by atoms with E-state index in [1.54, 1.807) is 6.07 Å². The zero-order valence-electron chi connectivity index (χ0n) is 20.5. The molecular weight excluding hydrogens is 621 g/mol. The maximum Gasteiger partial charge on any atom is 0.338 e. The minimum atomic E-state index is -0.802. The number of benzene rings is 3. The van der Waals surface area contributed by atoms with Gasteiger partial charge in [-0.15, -0.1) is 0 Å². The van der Waals surface area contributed by atoms with Gasteiger partial charge in [0.2, 0.25) is 5.75 Å². The van der Waals surface area contributed by atoms with Crippen molar-refractivity contribution in [2.45, 2.75) is 0 Å². The first kappa shape index (κ1) is 29.5. The molecule has 13 nitrogen and oxygen atoms in total. The number of ether oxygens (including phenoxy) is 2. The smallest absolute Gasteiger partial charge is 0.338 e. The Labute approximate surface area is 250 Å². The summed E-state index contributed by atoms with van der Waals surface area (Å²) in [6.07, 6.45) is 1.50. The molecule has 0 unspecified atom stereocenters. The molecule has 1 heterocycles. The van der Waals surface area contributed by atoms with Crippen molar-refractivity contribution in [1.82, 2.24) is 10.4 Å². The number of hydrogen-bond donors (Lipinski definition) is 2. The number of nitrogens with one attached hydrogen (secondary N) is 2. The number of hydrogen-bond acceptors (Lipinski definition) is 10. The second-order valence-electron chi connectivity index (χ2n) is 7.89. The van der Waals surface area contributed by atoms with Gasteiger partial charge in [0.15, 0.2) is 15.8 Å². The standard InChI is InChI=1S/C24H15Cl2N5O8S2/c1-38-20-8-12(2-6-19(20)39-18-7-4-14(30(34)35)11-17(18)31(36)37)9-21-22(32)29(24(40)41-21)28-23(33)27-13-3-5-15(25)16(26)10-13/h2-11H,1H3,(H2,27,28,33)/b21-9+. The van der Waals surface area contributed by atoms with Gasteiger partial charge in [-0.2, -0.15) is 5.01 Å². The number of nitrogens with zero attached hydrogens (tertiary/aromatic N) is 3. The van der Waals surface area contributed by atoms with E-state index in [1.807, 2.05) is 0 Å². The van der Waals surface area contributed by atoms with Crippen molar-refractivity contribution in [2.24, 2.45) is 0 Å². The fourth-order valence-electron chi connectivity index (χ4n) is 3.37. The molecule has 0 atom stereocenters. The molecule has 3 aromatic rings. The summed E-state index contributed by atoms with van der Waals surface area (Å²) in [5, 5.41) is 26.4. The molecule has 210 valence electrons. The molecule has 0 aliphatic carbocycles. The van der Waals surface area contributed by atoms with Gasteiger partial charge < -0.3 is 14.8 Å². The molecule has 3 aromatic carbocycles. The van der Waals surface area contributed by atoms with Crippen LogP contribution in [0.5, 0.6) is 17.2 Å². The Bertz CT molecular complexity index is 1650. The minimum Gasteiger partial charge on any atom is -0.493 e. The minimum absolute atomic E-state index is 0.0722. The van der Waals surface area contributed by atoms with E-state index in [0.717, 1.165) is 35.0 Å². The number of anilines is 1. The highest BCUT2D eigenvalue weighted by Crippen LogP contribution is 2.39. The van der Waals surface area contributed by atoms with Crippen LogP contribution in [0.4, 0.5) is 21.9 Å². The number of thiocarbonyl (C=S) groups is 1. The van der Waals surface area contributed by atoms with Crippen molar-refractivity contribution < 1.29 is 28.9 Å². The maximum absolute atomic E-state index is 12.9. The Kier molecular flexibility index (Phi) is 8.92. The van der Waals surface area contributed by atoms with E-state index >= 15 is 0 Å². The summed E-state index contributed by atoms with van der Waals surface area (Å²) in [4.78, 5) is 46.4. The van der Waals surface area contributed by atoms with Crippen LogP contribution in [0.25, 0.3) is 6.08 Å². The summed E-state index contributed by atoms with van der Waals surface area (Å²) < 4.78 is 11.0. The first-order valence-electron chi connectivity index (χ1n) is 11.1. The summed E-state index contributed by atoms with van der Waals surface area (Å²) in [5.74, 6) is -0.598. The quantitative estimate of drug-likeness (QED) is 0.120. The van der Waals surface area contributed by atoms with Gasteiger partial charge in [0.25, 0.3) is 11.6 Å². The van der Waals surface area contributed by atoms with E-state index in [2.05, 4.69) is 10.7 Å². The highest BCUT2D eigenvalue weighted by molar-refractivity contribution is 8.26. The van der Waals surface area contributed by atoms with E-state index in [-0.39, 0.29) is 31.5 Å². The molecular formula is C24H15Cl2N5O8S2. The van der Waals surface area contributed by atoms with Crippen molar-refractivity contribution >= 4 is 86.6 Å². The van der Waals surface area contributed by atoms with Crippen LogP contribution in [0, 0.1) is 20.2 Å². The van der Waals surface area contributed by atoms with Gasteiger partial charge in [-0.05, 0) is 60.3 Å². The Morgan fingerprint density at radius 3 is 2.39 bits per heavy atom. The monoisotopic (exact) mass is 635 g/mol. The predicted molar refractivity (Wildman–Crippen MR) is 156 cm³/mol. The Morgan fingerprint density at radius 1 is 1.00 bits per heavy atom. The lowest BCUT2D eigenvalue weighted by Crippen LogP contribution is -2.46. The van der Waals surface area contributed by atoms with Crippen LogP contribution < -0.4 is 20.2 Å². The van der Waals surface area contributed by atoms with E-state index in [9.17, 15) is 29.8 Å². The molecule has 41 heavy (non-hydrogen) atoms. The Morgan fingerprint density at radius 2 is 1.73 bits per heavy atom. The molecule has 1 aliphatic rings. The number of carbonyl (C=O) groups is 2. The van der Waals surface area contributed by atoms with Gasteiger partial charge >= 0.3 is 11.7 Å². The third-order valence-corrected chi connectivity index (χ3v) is 7.28. The number of amides is 3. The van der Waals surface area contributed by atoms with Crippen LogP contribution in [0.15, 0.2) is 59.5 Å². The summed E-state index contributed by atoms with van der Waals surface area (Å²) >= 11 is 18.0. The normalized spacial score (nSPS) is 13.7. The lowest BCUT2D eigenvalue weighted by atomic mass is 10.2. The molecule has 3 amide bonds. The number of non-ortho nitro benzene ring substituents is 1. The van der Waals surface area contributed by atoms with Crippen molar-refractivity contribution in [3.05, 3.63) is 95.3 Å². The topological polar surface area (TPSA) is 166 Å². The molecule has 17 heteroatoms. The number of urea groups is 1. The Balaban J connectivity index is 1.50. The number of thioether (sulfide) groups is 1. The SMILES string of the molecule is COc1cc(/C=C2/SC(=S)N(NC(=O)Nc3ccc(Cl)c(Cl)c3)C2=O)ccc1Oc1ccc([N+](=O)[O-])cc1[N+](=O)[O-]. The first-order chi connectivity index (χ1) is 19.5. The number of carbonyl (C=O) groups excluding carboxylic acids is 2. The number of halogens is 2. The average Bonchev–Trinajstić information content (AvgIpc) is 3.18. The average molecular weight is 636 g/mol. The van der Waals surface area contributed by atoms with Crippen molar-refractivity contribution in [3.8, 4) is 17.2 Å². The van der Waals surface area contributed by atoms with Gasteiger partial charge in [0.1, 0.15) is 0 Å². The molecule has 0 aromatic heterocycles. The fourth-order valence-corrected chi connectivity index (χ4v) is 4.85. The molecule has 4 rings (SSSR count). The van der Waals surface area contributed by atoms with Gasteiger partial charge in [0, 0.05) is 11.8 Å². The van der Waals surface area contributed by atoms with Crippen LogP contribution in [-0.4, -0.2) is 38.2 Å². The number of nitro groups is 2. The maximum atomic E-state index is 12.9. The third-order valence-electron chi connectivity index (χ3n) is 5.24. The van der Waals surface area contributed by atoms with Gasteiger partial charge in [0.05, 0.1) is 38.0 Å². The lowest BCUT2D eigenvalue weighted by molar-refractivity contribution is -0.394. The summed E-state index contributed by atoms with van der Waals surface area (Å²) in [7, 11) is 1.34. The fraction of sp³-hybridized carbons (Fsp3) is 0.0417. The molecule has 1 fully saturated rings. The summed E-state index contributed by atoms with van der Waals surface area (Å²) in [6, 6.07) is 11.2. The number of nitro benzene ring substituents is 2. The van der Waals surface area contributed by atoms with Crippen LogP contribution >= 0.6 is 47.2 Å². The molecule has 0 saturated carbocycles. The highest BCUT2D eigenvalue weighted by atomic mass is 35.5. The summed E-state index contributed by atoms with van der Waals surface area (Å²) in [6.45, 7) is 0. The van der Waals surface area contributed by atoms with E-state index < -0.39 is 33.2 Å². The van der Waals surface area contributed by atoms with Crippen molar-refractivity contribution in [3.63, 3.8) is 0 Å². The van der Waals surface area contributed by atoms with E-state index in [4.69, 9.17) is 44.9 Å². The number of hydrazine groups is 1. The van der Waals surface area contributed by atoms with Gasteiger partial charge in [-0.25, -0.2) is 10.2 Å². The molecule has 2 N–H and O–H groups in total. The van der Waals surface area contributed by atoms with Crippen LogP contribution in [-0.2, 0) is 4.79 Å². The lowest BCUT2D eigenvalue weighted by Gasteiger charge is -2.16. The zero-order valence-corrected chi connectivity index (χ0v) is 23.6. The van der Waals surface area contributed by atoms with E-state index in [1.165, 1.54) is 43.5 Å². The predicted octanol–water partition coefficient (Wildman–Crippen LogP) is 6.55. The number of rotatable bonds is 8. The van der Waals surface area contributed by atoms with E-state index in [0.29, 0.717) is 16.3 Å². The van der Waals surface area contributed by atoms with Crippen LogP contribution in [0.2, 0.25) is 10.0 Å². The second kappa shape index (κ2) is 12.4. The molecule has 1 saturated heterocycles. The zero-order chi connectivity index (χ0) is 29.8. The van der Waals surface area contributed by atoms with Crippen molar-refractivity contribution in [1.29, 1.82) is 0 Å². The molecule has 0 spiro atoms. The van der Waals surface area contributed by atoms with Gasteiger partial charge in [-0.3, -0.25) is 25.0 Å². The summed E-state index contributed by atoms with van der Waals surface area (Å²) in [5.41, 5.74) is 2.12.